The van der Waals surface area contributed by atoms with Gasteiger partial charge in [-0.25, -0.2) is 0 Å². The number of phenolic OH excluding ortho intramolecular Hbond substituents is 1. The molecule has 1 heterocycles. The highest BCUT2D eigenvalue weighted by Crippen LogP contribution is 2.22. The van der Waals surface area contributed by atoms with Gasteiger partial charge in [0.25, 0.3) is 5.91 Å². The highest BCUT2D eigenvalue weighted by molar-refractivity contribution is 9.10. The molecule has 20 heavy (non-hydrogen) atoms. The zero-order chi connectivity index (χ0) is 14.5. The van der Waals surface area contributed by atoms with Crippen LogP contribution in [0.3, 0.4) is 0 Å². The standard InChI is InChI=1S/C15H16BrNO3/c1-10(4-6-12-3-2-8-20-12)17-15(19)13-7-5-11(16)9-14(13)18/h2-3,5,7-10,18H,4,6H2,1H3,(H,17,19). The smallest absolute Gasteiger partial charge is 0.255 e. The van der Waals surface area contributed by atoms with Crippen LogP contribution in [0.4, 0.5) is 0 Å². The maximum absolute atomic E-state index is 12.0. The summed E-state index contributed by atoms with van der Waals surface area (Å²) in [6, 6.07) is 8.57. The minimum Gasteiger partial charge on any atom is -0.507 e. The average molecular weight is 338 g/mol. The Bertz CT molecular complexity index is 581. The molecule has 0 saturated heterocycles. The van der Waals surface area contributed by atoms with Gasteiger partial charge in [0.05, 0.1) is 11.8 Å². The Kier molecular flexibility index (Phi) is 4.84. The summed E-state index contributed by atoms with van der Waals surface area (Å²) in [4.78, 5) is 12.0. The number of halogens is 1. The molecule has 1 atom stereocenters. The molecule has 2 aromatic rings. The lowest BCUT2D eigenvalue weighted by Crippen LogP contribution is -2.32. The summed E-state index contributed by atoms with van der Waals surface area (Å²) >= 11 is 3.24. The number of benzene rings is 1. The predicted molar refractivity (Wildman–Crippen MR) is 79.8 cm³/mol. The van der Waals surface area contributed by atoms with Crippen molar-refractivity contribution in [3.8, 4) is 5.75 Å². The van der Waals surface area contributed by atoms with E-state index in [2.05, 4.69) is 21.2 Å². The number of carbonyl (C=O) groups is 1. The predicted octanol–water partition coefficient (Wildman–Crippen LogP) is 3.50. The maximum atomic E-state index is 12.0. The zero-order valence-electron chi connectivity index (χ0n) is 11.1. The molecular weight excluding hydrogens is 322 g/mol. The fourth-order valence-electron chi connectivity index (χ4n) is 1.88. The summed E-state index contributed by atoms with van der Waals surface area (Å²) in [6.07, 6.45) is 3.18. The van der Waals surface area contributed by atoms with Crippen LogP contribution in [0.2, 0.25) is 0 Å². The SMILES string of the molecule is CC(CCc1ccco1)NC(=O)c1ccc(Br)cc1O. The topological polar surface area (TPSA) is 62.5 Å². The molecule has 1 aromatic carbocycles. The number of aryl methyl sites for hydroxylation is 1. The lowest BCUT2D eigenvalue weighted by molar-refractivity contribution is 0.0935. The van der Waals surface area contributed by atoms with E-state index < -0.39 is 0 Å². The summed E-state index contributed by atoms with van der Waals surface area (Å²) in [5.74, 6) is 0.592. The summed E-state index contributed by atoms with van der Waals surface area (Å²) in [5.41, 5.74) is 0.276. The molecular formula is C15H16BrNO3. The molecule has 0 radical (unpaired) electrons. The number of amides is 1. The van der Waals surface area contributed by atoms with Crippen LogP contribution in [0.1, 0.15) is 29.5 Å². The highest BCUT2D eigenvalue weighted by atomic mass is 79.9. The molecule has 0 aliphatic rings. The van der Waals surface area contributed by atoms with Gasteiger partial charge in [0.15, 0.2) is 0 Å². The number of nitrogens with one attached hydrogen (secondary N) is 1. The van der Waals surface area contributed by atoms with E-state index in [0.717, 1.165) is 23.1 Å². The molecule has 2 N–H and O–H groups in total. The third-order valence-electron chi connectivity index (χ3n) is 2.99. The first kappa shape index (κ1) is 14.7. The monoisotopic (exact) mass is 337 g/mol. The zero-order valence-corrected chi connectivity index (χ0v) is 12.7. The van der Waals surface area contributed by atoms with Crippen LogP contribution in [0.5, 0.6) is 5.75 Å². The van der Waals surface area contributed by atoms with Crippen LogP contribution in [-0.2, 0) is 6.42 Å². The average Bonchev–Trinajstić information content (AvgIpc) is 2.89. The normalized spacial score (nSPS) is 12.1. The second-order valence-electron chi connectivity index (χ2n) is 4.65. The van der Waals surface area contributed by atoms with Crippen molar-refractivity contribution in [1.82, 2.24) is 5.32 Å². The van der Waals surface area contributed by atoms with Gasteiger partial charge in [-0.1, -0.05) is 15.9 Å². The fourth-order valence-corrected chi connectivity index (χ4v) is 2.23. The van der Waals surface area contributed by atoms with Crippen molar-refractivity contribution < 1.29 is 14.3 Å². The Balaban J connectivity index is 1.90. The molecule has 1 aromatic heterocycles. The van der Waals surface area contributed by atoms with Crippen LogP contribution in [0.25, 0.3) is 0 Å². The minimum absolute atomic E-state index is 0.00403. The van der Waals surface area contributed by atoms with E-state index in [1.54, 1.807) is 18.4 Å². The van der Waals surface area contributed by atoms with Gasteiger partial charge in [-0.05, 0) is 43.7 Å². The summed E-state index contributed by atoms with van der Waals surface area (Å²) < 4.78 is 5.98. The Morgan fingerprint density at radius 2 is 2.25 bits per heavy atom. The van der Waals surface area contributed by atoms with E-state index >= 15 is 0 Å². The number of hydrogen-bond donors (Lipinski definition) is 2. The molecule has 4 nitrogen and oxygen atoms in total. The number of carbonyl (C=O) groups excluding carboxylic acids is 1. The van der Waals surface area contributed by atoms with E-state index in [1.807, 2.05) is 19.1 Å². The van der Waals surface area contributed by atoms with E-state index in [9.17, 15) is 9.90 Å². The summed E-state index contributed by atoms with van der Waals surface area (Å²) in [6.45, 7) is 1.93. The largest absolute Gasteiger partial charge is 0.507 e. The fraction of sp³-hybridized carbons (Fsp3) is 0.267. The van der Waals surface area contributed by atoms with E-state index in [1.165, 1.54) is 6.07 Å². The molecule has 0 saturated carbocycles. The van der Waals surface area contributed by atoms with Gasteiger partial charge in [-0.3, -0.25) is 4.79 Å². The van der Waals surface area contributed by atoms with Gasteiger partial charge in [0.2, 0.25) is 0 Å². The van der Waals surface area contributed by atoms with Gasteiger partial charge in [-0.15, -0.1) is 0 Å². The van der Waals surface area contributed by atoms with Crippen LogP contribution in [-0.4, -0.2) is 17.1 Å². The van der Waals surface area contributed by atoms with Crippen molar-refractivity contribution in [2.75, 3.05) is 0 Å². The molecule has 106 valence electrons. The second kappa shape index (κ2) is 6.61. The van der Waals surface area contributed by atoms with Crippen LogP contribution < -0.4 is 5.32 Å². The molecule has 0 fully saturated rings. The first-order chi connectivity index (χ1) is 9.56. The van der Waals surface area contributed by atoms with E-state index in [0.29, 0.717) is 0 Å². The molecule has 0 aliphatic heterocycles. The number of rotatable bonds is 5. The number of furan rings is 1. The lowest BCUT2D eigenvalue weighted by atomic mass is 10.1. The molecule has 2 rings (SSSR count). The quantitative estimate of drug-likeness (QED) is 0.877. The minimum atomic E-state index is -0.276. The van der Waals surface area contributed by atoms with Crippen LogP contribution in [0, 0.1) is 0 Å². The lowest BCUT2D eigenvalue weighted by Gasteiger charge is -2.14. The second-order valence-corrected chi connectivity index (χ2v) is 5.57. The van der Waals surface area contributed by atoms with Crippen molar-refractivity contribution >= 4 is 21.8 Å². The van der Waals surface area contributed by atoms with Gasteiger partial charge >= 0.3 is 0 Å². The van der Waals surface area contributed by atoms with Crippen LogP contribution >= 0.6 is 15.9 Å². The van der Waals surface area contributed by atoms with Crippen LogP contribution in [0.15, 0.2) is 45.5 Å². The first-order valence-electron chi connectivity index (χ1n) is 6.38. The van der Waals surface area contributed by atoms with Gasteiger partial charge < -0.3 is 14.8 Å². The Morgan fingerprint density at radius 1 is 1.45 bits per heavy atom. The molecule has 1 unspecified atom stereocenters. The molecule has 0 bridgehead atoms. The highest BCUT2D eigenvalue weighted by Gasteiger charge is 2.14. The van der Waals surface area contributed by atoms with Crippen molar-refractivity contribution in [2.24, 2.45) is 0 Å². The summed E-state index contributed by atoms with van der Waals surface area (Å²) in [7, 11) is 0. The van der Waals surface area contributed by atoms with Gasteiger partial charge in [0, 0.05) is 16.9 Å². The summed E-state index contributed by atoms with van der Waals surface area (Å²) in [5, 5.41) is 12.6. The number of hydrogen-bond acceptors (Lipinski definition) is 3. The van der Waals surface area contributed by atoms with Crippen molar-refractivity contribution in [2.45, 2.75) is 25.8 Å². The van der Waals surface area contributed by atoms with E-state index in [4.69, 9.17) is 4.42 Å². The number of phenols is 1. The van der Waals surface area contributed by atoms with Gasteiger partial charge in [0.1, 0.15) is 11.5 Å². The van der Waals surface area contributed by atoms with E-state index in [-0.39, 0.29) is 23.3 Å². The van der Waals surface area contributed by atoms with Crippen molar-refractivity contribution in [3.05, 3.63) is 52.4 Å². The molecule has 0 aliphatic carbocycles. The third kappa shape index (κ3) is 3.87. The first-order valence-corrected chi connectivity index (χ1v) is 7.17. The van der Waals surface area contributed by atoms with Gasteiger partial charge in [-0.2, -0.15) is 0 Å². The Labute approximate surface area is 125 Å². The Hall–Kier alpha value is -1.75. The molecule has 5 heteroatoms. The molecule has 1 amide bonds. The molecule has 0 spiro atoms. The van der Waals surface area contributed by atoms with Crippen molar-refractivity contribution in [3.63, 3.8) is 0 Å². The third-order valence-corrected chi connectivity index (χ3v) is 3.48. The van der Waals surface area contributed by atoms with Crippen molar-refractivity contribution in [1.29, 1.82) is 0 Å². The maximum Gasteiger partial charge on any atom is 0.255 e. The Morgan fingerprint density at radius 3 is 2.90 bits per heavy atom. The number of aromatic hydroxyl groups is 1.